The summed E-state index contributed by atoms with van der Waals surface area (Å²) in [5, 5.41) is -0.231. The Balaban J connectivity index is 1.78. The van der Waals surface area contributed by atoms with Gasteiger partial charge in [-0.2, -0.15) is 0 Å². The van der Waals surface area contributed by atoms with E-state index in [1.54, 1.807) is 4.90 Å². The van der Waals surface area contributed by atoms with Crippen molar-refractivity contribution in [3.63, 3.8) is 0 Å². The van der Waals surface area contributed by atoms with Crippen molar-refractivity contribution in [1.82, 2.24) is 14.7 Å². The lowest BCUT2D eigenvalue weighted by Gasteiger charge is -2.29. The molecule has 0 saturated carbocycles. The summed E-state index contributed by atoms with van der Waals surface area (Å²) in [5.41, 5.74) is 0. The third kappa shape index (κ3) is 4.88. The molecular weight excluding hydrogens is 286 g/mol. The van der Waals surface area contributed by atoms with Gasteiger partial charge in [-0.1, -0.05) is 19.0 Å². The summed E-state index contributed by atoms with van der Waals surface area (Å²) in [6.45, 7) is 7.39. The maximum absolute atomic E-state index is 12.2. The highest BCUT2D eigenvalue weighted by molar-refractivity contribution is 7.96. The molecule has 0 aromatic heterocycles. The van der Waals surface area contributed by atoms with Crippen LogP contribution in [0.3, 0.4) is 0 Å². The summed E-state index contributed by atoms with van der Waals surface area (Å²) in [7, 11) is 0. The molecule has 0 aromatic carbocycles. The van der Waals surface area contributed by atoms with Crippen LogP contribution in [0.4, 0.5) is 4.79 Å². The second kappa shape index (κ2) is 8.03. The van der Waals surface area contributed by atoms with Crippen molar-refractivity contribution >= 4 is 23.8 Å². The number of carbonyl (C=O) groups excluding carboxylic acids is 2. The molecule has 2 saturated heterocycles. The van der Waals surface area contributed by atoms with Gasteiger partial charge in [0.25, 0.3) is 5.24 Å². The second-order valence-corrected chi connectivity index (χ2v) is 6.55. The highest BCUT2D eigenvalue weighted by Gasteiger charge is 2.27. The number of amides is 2. The van der Waals surface area contributed by atoms with Crippen LogP contribution in [0.2, 0.25) is 0 Å². The molecule has 2 fully saturated rings. The molecule has 21 heavy (non-hydrogen) atoms. The number of thiol groups is 1. The van der Waals surface area contributed by atoms with Gasteiger partial charge in [0.05, 0.1) is 0 Å². The molecule has 2 amide bonds. The normalized spacial score (nSPS) is 25.0. The van der Waals surface area contributed by atoms with Crippen LogP contribution in [0.15, 0.2) is 0 Å². The van der Waals surface area contributed by atoms with Crippen molar-refractivity contribution in [2.24, 2.45) is 0 Å². The van der Waals surface area contributed by atoms with Crippen LogP contribution in [0.1, 0.15) is 39.0 Å². The van der Waals surface area contributed by atoms with Crippen LogP contribution in [0.5, 0.6) is 0 Å². The van der Waals surface area contributed by atoms with Crippen LogP contribution in [-0.4, -0.2) is 71.2 Å². The molecule has 2 aliphatic heterocycles. The van der Waals surface area contributed by atoms with Crippen molar-refractivity contribution < 1.29 is 9.59 Å². The van der Waals surface area contributed by atoms with Crippen molar-refractivity contribution in [1.29, 1.82) is 0 Å². The molecule has 0 bridgehead atoms. The first-order valence-electron chi connectivity index (χ1n) is 8.07. The molecule has 0 spiro atoms. The highest BCUT2D eigenvalue weighted by Crippen LogP contribution is 2.14. The van der Waals surface area contributed by atoms with Crippen molar-refractivity contribution in [3.8, 4) is 0 Å². The average Bonchev–Trinajstić information content (AvgIpc) is 2.60. The van der Waals surface area contributed by atoms with E-state index < -0.39 is 0 Å². The van der Waals surface area contributed by atoms with Crippen molar-refractivity contribution in [3.05, 3.63) is 0 Å². The van der Waals surface area contributed by atoms with Gasteiger partial charge in [-0.15, -0.1) is 0 Å². The van der Waals surface area contributed by atoms with Crippen molar-refractivity contribution in [2.75, 3.05) is 39.3 Å². The minimum absolute atomic E-state index is 0.0523. The smallest absolute Gasteiger partial charge is 0.278 e. The standard InChI is InChI=1S/C15H27N3O2S/c1-13-12-17(14(19)6-11-18(13)15(20)21)10-5-9-16-7-3-2-4-8-16/h13H,2-12H2,1H3,(H,20,21)/t13-/m1/s1. The number of rotatable bonds is 4. The number of hydrogen-bond donors (Lipinski definition) is 1. The number of carbonyl (C=O) groups is 2. The first-order valence-corrected chi connectivity index (χ1v) is 8.52. The minimum Gasteiger partial charge on any atom is -0.341 e. The Bertz CT molecular complexity index is 372. The quantitative estimate of drug-likeness (QED) is 0.806. The van der Waals surface area contributed by atoms with Crippen LogP contribution in [0, 0.1) is 0 Å². The fourth-order valence-corrected chi connectivity index (χ4v) is 3.58. The third-order valence-electron chi connectivity index (χ3n) is 4.53. The van der Waals surface area contributed by atoms with E-state index in [2.05, 4.69) is 17.5 Å². The molecule has 2 rings (SSSR count). The minimum atomic E-state index is -0.231. The van der Waals surface area contributed by atoms with Gasteiger partial charge in [0, 0.05) is 32.1 Å². The Morgan fingerprint density at radius 2 is 1.90 bits per heavy atom. The topological polar surface area (TPSA) is 43.9 Å². The second-order valence-electron chi connectivity index (χ2n) is 6.17. The van der Waals surface area contributed by atoms with Gasteiger partial charge < -0.3 is 14.7 Å². The summed E-state index contributed by atoms with van der Waals surface area (Å²) in [6, 6.07) is 0.0523. The fraction of sp³-hybridized carbons (Fsp3) is 0.867. The van der Waals surface area contributed by atoms with Crippen molar-refractivity contribution in [2.45, 2.75) is 45.1 Å². The molecule has 2 heterocycles. The molecule has 120 valence electrons. The van der Waals surface area contributed by atoms with E-state index >= 15 is 0 Å². The first kappa shape index (κ1) is 16.6. The van der Waals surface area contributed by atoms with E-state index in [0.29, 0.717) is 19.5 Å². The Morgan fingerprint density at radius 1 is 1.19 bits per heavy atom. The van der Waals surface area contributed by atoms with E-state index in [1.165, 1.54) is 32.4 Å². The van der Waals surface area contributed by atoms with Crippen LogP contribution in [-0.2, 0) is 4.79 Å². The maximum atomic E-state index is 12.2. The number of piperidine rings is 1. The Kier molecular flexibility index (Phi) is 6.36. The lowest BCUT2D eigenvalue weighted by atomic mass is 10.1. The van der Waals surface area contributed by atoms with Crippen LogP contribution >= 0.6 is 12.6 Å². The monoisotopic (exact) mass is 313 g/mol. The number of likely N-dealkylation sites (tertiary alicyclic amines) is 1. The Morgan fingerprint density at radius 3 is 2.57 bits per heavy atom. The van der Waals surface area contributed by atoms with E-state index in [9.17, 15) is 9.59 Å². The lowest BCUT2D eigenvalue weighted by molar-refractivity contribution is -0.130. The summed E-state index contributed by atoms with van der Waals surface area (Å²) < 4.78 is 0. The maximum Gasteiger partial charge on any atom is 0.278 e. The molecule has 0 aliphatic carbocycles. The largest absolute Gasteiger partial charge is 0.341 e. The zero-order chi connectivity index (χ0) is 15.2. The molecular formula is C15H27N3O2S. The molecule has 5 nitrogen and oxygen atoms in total. The van der Waals surface area contributed by atoms with Gasteiger partial charge in [0.2, 0.25) is 5.91 Å². The Hall–Kier alpha value is -0.750. The van der Waals surface area contributed by atoms with Crippen LogP contribution < -0.4 is 0 Å². The van der Waals surface area contributed by atoms with E-state index in [0.717, 1.165) is 19.5 Å². The molecule has 1 atom stereocenters. The predicted molar refractivity (Wildman–Crippen MR) is 86.7 cm³/mol. The summed E-state index contributed by atoms with van der Waals surface area (Å²) in [4.78, 5) is 29.7. The Labute approximate surface area is 133 Å². The zero-order valence-corrected chi connectivity index (χ0v) is 13.9. The lowest BCUT2D eigenvalue weighted by Crippen LogP contribution is -2.42. The third-order valence-corrected chi connectivity index (χ3v) is 4.79. The van der Waals surface area contributed by atoms with E-state index in [1.807, 2.05) is 11.8 Å². The molecule has 0 N–H and O–H groups in total. The SMILES string of the molecule is C[C@@H]1CN(CCCN2CCCCC2)C(=O)CCN1C(=O)S. The number of nitrogens with zero attached hydrogens (tertiary/aromatic N) is 3. The molecule has 0 aromatic rings. The van der Waals surface area contributed by atoms with Gasteiger partial charge in [-0.25, -0.2) is 0 Å². The summed E-state index contributed by atoms with van der Waals surface area (Å²) in [6.07, 6.45) is 5.40. The number of hydrogen-bond acceptors (Lipinski definition) is 3. The summed E-state index contributed by atoms with van der Waals surface area (Å²) >= 11 is 3.90. The molecule has 2 aliphatic rings. The van der Waals surface area contributed by atoms with Gasteiger partial charge in [0.1, 0.15) is 0 Å². The molecule has 0 unspecified atom stereocenters. The fourth-order valence-electron chi connectivity index (χ4n) is 3.28. The zero-order valence-electron chi connectivity index (χ0n) is 13.0. The van der Waals surface area contributed by atoms with Gasteiger partial charge >= 0.3 is 0 Å². The van der Waals surface area contributed by atoms with Gasteiger partial charge in [-0.3, -0.25) is 9.59 Å². The van der Waals surface area contributed by atoms with Gasteiger partial charge in [-0.05, 0) is 45.8 Å². The van der Waals surface area contributed by atoms with E-state index in [-0.39, 0.29) is 17.2 Å². The first-order chi connectivity index (χ1) is 10.1. The average molecular weight is 313 g/mol. The van der Waals surface area contributed by atoms with Gasteiger partial charge in [0.15, 0.2) is 0 Å². The predicted octanol–water partition coefficient (Wildman–Crippen LogP) is 1.83. The van der Waals surface area contributed by atoms with Crippen LogP contribution in [0.25, 0.3) is 0 Å². The molecule has 0 radical (unpaired) electrons. The highest BCUT2D eigenvalue weighted by atomic mass is 32.1. The van der Waals surface area contributed by atoms with E-state index in [4.69, 9.17) is 0 Å². The summed E-state index contributed by atoms with van der Waals surface area (Å²) in [5.74, 6) is 0.164. The molecule has 6 heteroatoms.